The highest BCUT2D eigenvalue weighted by molar-refractivity contribution is 5.92. The van der Waals surface area contributed by atoms with Crippen molar-refractivity contribution in [1.82, 2.24) is 24.9 Å². The number of fused-ring (bicyclic) bond motifs is 2. The van der Waals surface area contributed by atoms with Gasteiger partial charge in [-0.25, -0.2) is 28.3 Å². The van der Waals surface area contributed by atoms with Gasteiger partial charge in [-0.1, -0.05) is 0 Å². The molecule has 7 nitrogen and oxygen atoms in total. The summed E-state index contributed by atoms with van der Waals surface area (Å²) in [6.45, 7) is 1.47. The lowest BCUT2D eigenvalue weighted by molar-refractivity contribution is 0.144. The lowest BCUT2D eigenvalue weighted by atomic mass is 9.97. The summed E-state index contributed by atoms with van der Waals surface area (Å²) in [5, 5.41) is 6.99. The van der Waals surface area contributed by atoms with E-state index in [4.69, 9.17) is 5.73 Å². The average molecular weight is 357 g/mol. The van der Waals surface area contributed by atoms with Crippen LogP contribution in [0.15, 0.2) is 35.7 Å². The number of pyridine rings is 1. The molecule has 0 saturated carbocycles. The number of alkyl halides is 2. The molecule has 1 aliphatic heterocycles. The van der Waals surface area contributed by atoms with E-state index < -0.39 is 6.43 Å². The van der Waals surface area contributed by atoms with Crippen LogP contribution in [0.1, 0.15) is 12.5 Å². The van der Waals surface area contributed by atoms with E-state index in [0.717, 1.165) is 27.9 Å². The molecule has 0 aliphatic carbocycles. The zero-order valence-corrected chi connectivity index (χ0v) is 14.0. The Morgan fingerprint density at radius 3 is 3.00 bits per heavy atom. The third-order valence-corrected chi connectivity index (χ3v) is 4.42. The van der Waals surface area contributed by atoms with Crippen molar-refractivity contribution in [2.75, 3.05) is 12.3 Å². The number of aromatic nitrogens is 4. The topological polar surface area (TPSA) is 93.5 Å². The average Bonchev–Trinajstić information content (AvgIpc) is 3.02. The van der Waals surface area contributed by atoms with Gasteiger partial charge in [-0.3, -0.25) is 0 Å². The molecule has 0 bridgehead atoms. The Labute approximate surface area is 148 Å². The van der Waals surface area contributed by atoms with E-state index in [1.54, 1.807) is 23.1 Å². The van der Waals surface area contributed by atoms with Crippen molar-refractivity contribution in [3.8, 4) is 11.1 Å². The SMILES string of the molecule is CC1=Nc2ncc(-c3ccn4nc(N)ncc34)cc2CC1NCC(F)F. The maximum Gasteiger partial charge on any atom is 0.250 e. The number of nitrogens with zero attached hydrogens (tertiary/aromatic N) is 5. The van der Waals surface area contributed by atoms with Crippen LogP contribution in [0.2, 0.25) is 0 Å². The Kier molecular flexibility index (Phi) is 4.08. The fraction of sp³-hybridized carbons (Fsp3) is 0.294. The standard InChI is InChI=1S/C17H17F2N7/c1-9-13(21-8-15(18)19)5-10-4-11(6-22-16(10)24-9)12-2-3-26-14(12)7-23-17(20)25-26/h2-4,6-7,13,15,21H,5,8H2,1H3,(H2,20,25). The maximum atomic E-state index is 12.5. The summed E-state index contributed by atoms with van der Waals surface area (Å²) in [7, 11) is 0. The van der Waals surface area contributed by atoms with E-state index in [2.05, 4.69) is 25.4 Å². The Bertz CT molecular complexity index is 996. The predicted octanol–water partition coefficient (Wildman–Crippen LogP) is 2.25. The zero-order chi connectivity index (χ0) is 18.3. The van der Waals surface area contributed by atoms with Crippen molar-refractivity contribution in [2.24, 2.45) is 4.99 Å². The van der Waals surface area contributed by atoms with Crippen LogP contribution in [-0.2, 0) is 6.42 Å². The van der Waals surface area contributed by atoms with Gasteiger partial charge in [-0.2, -0.15) is 0 Å². The van der Waals surface area contributed by atoms with Crippen molar-refractivity contribution >= 4 is 23.0 Å². The number of rotatable bonds is 4. The third-order valence-electron chi connectivity index (χ3n) is 4.42. The highest BCUT2D eigenvalue weighted by atomic mass is 19.3. The summed E-state index contributed by atoms with van der Waals surface area (Å²) in [6, 6.07) is 3.68. The first-order valence-electron chi connectivity index (χ1n) is 8.17. The molecule has 3 aromatic heterocycles. The summed E-state index contributed by atoms with van der Waals surface area (Å²) in [4.78, 5) is 12.9. The molecule has 9 heteroatoms. The van der Waals surface area contributed by atoms with Gasteiger partial charge in [0.15, 0.2) is 5.82 Å². The monoisotopic (exact) mass is 357 g/mol. The van der Waals surface area contributed by atoms with Gasteiger partial charge >= 0.3 is 0 Å². The lowest BCUT2D eigenvalue weighted by Crippen LogP contribution is -2.41. The number of hydrogen-bond donors (Lipinski definition) is 2. The van der Waals surface area contributed by atoms with Gasteiger partial charge < -0.3 is 11.1 Å². The second-order valence-electron chi connectivity index (χ2n) is 6.19. The van der Waals surface area contributed by atoms with E-state index in [1.807, 2.05) is 19.1 Å². The highest BCUT2D eigenvalue weighted by Gasteiger charge is 2.22. The van der Waals surface area contributed by atoms with Crippen molar-refractivity contribution < 1.29 is 8.78 Å². The first-order valence-corrected chi connectivity index (χ1v) is 8.17. The molecule has 3 aromatic rings. The molecule has 26 heavy (non-hydrogen) atoms. The molecule has 1 aliphatic rings. The first-order chi connectivity index (χ1) is 12.5. The molecule has 0 radical (unpaired) electrons. The normalized spacial score (nSPS) is 16.8. The number of aliphatic imine (C=N–C) groups is 1. The molecular weight excluding hydrogens is 340 g/mol. The summed E-state index contributed by atoms with van der Waals surface area (Å²) in [5.74, 6) is 0.825. The fourth-order valence-corrected chi connectivity index (χ4v) is 3.12. The summed E-state index contributed by atoms with van der Waals surface area (Å²) in [5.41, 5.74) is 9.90. The number of nitrogens with two attached hydrogens (primary N) is 1. The minimum absolute atomic E-state index is 0.195. The fourth-order valence-electron chi connectivity index (χ4n) is 3.12. The molecule has 4 rings (SSSR count). The summed E-state index contributed by atoms with van der Waals surface area (Å²) < 4.78 is 26.7. The van der Waals surface area contributed by atoms with E-state index in [9.17, 15) is 8.78 Å². The minimum atomic E-state index is -2.39. The number of anilines is 1. The van der Waals surface area contributed by atoms with E-state index in [-0.39, 0.29) is 18.5 Å². The summed E-state index contributed by atoms with van der Waals surface area (Å²) in [6.07, 6.45) is 3.37. The largest absolute Gasteiger partial charge is 0.367 e. The lowest BCUT2D eigenvalue weighted by Gasteiger charge is -2.23. The summed E-state index contributed by atoms with van der Waals surface area (Å²) >= 11 is 0. The third kappa shape index (κ3) is 3.01. The quantitative estimate of drug-likeness (QED) is 0.747. The van der Waals surface area contributed by atoms with Crippen LogP contribution >= 0.6 is 0 Å². The van der Waals surface area contributed by atoms with Crippen LogP contribution < -0.4 is 11.1 Å². The first kappa shape index (κ1) is 16.5. The smallest absolute Gasteiger partial charge is 0.250 e. The Balaban J connectivity index is 1.68. The van der Waals surface area contributed by atoms with Crippen LogP contribution in [0.3, 0.4) is 0 Å². The number of nitrogen functional groups attached to an aromatic ring is 1. The highest BCUT2D eigenvalue weighted by Crippen LogP contribution is 2.31. The Hall–Kier alpha value is -2.94. The van der Waals surface area contributed by atoms with E-state index in [0.29, 0.717) is 12.2 Å². The van der Waals surface area contributed by atoms with Crippen molar-refractivity contribution in [1.29, 1.82) is 0 Å². The second kappa shape index (κ2) is 6.41. The molecule has 1 atom stereocenters. The Morgan fingerprint density at radius 1 is 1.35 bits per heavy atom. The van der Waals surface area contributed by atoms with Gasteiger partial charge in [0.25, 0.3) is 6.43 Å². The minimum Gasteiger partial charge on any atom is -0.367 e. The van der Waals surface area contributed by atoms with Gasteiger partial charge in [0.2, 0.25) is 5.95 Å². The number of nitrogens with one attached hydrogen (secondary N) is 1. The molecule has 3 N–H and O–H groups in total. The van der Waals surface area contributed by atoms with Gasteiger partial charge in [-0.05, 0) is 31.0 Å². The van der Waals surface area contributed by atoms with Crippen LogP contribution in [0, 0.1) is 0 Å². The van der Waals surface area contributed by atoms with Crippen molar-refractivity contribution in [3.05, 3.63) is 36.3 Å². The van der Waals surface area contributed by atoms with Crippen LogP contribution in [-0.4, -0.2) is 44.3 Å². The second-order valence-corrected chi connectivity index (χ2v) is 6.19. The molecule has 1 unspecified atom stereocenters. The van der Waals surface area contributed by atoms with Crippen LogP contribution in [0.5, 0.6) is 0 Å². The van der Waals surface area contributed by atoms with Gasteiger partial charge in [0.05, 0.1) is 18.3 Å². The van der Waals surface area contributed by atoms with Crippen LogP contribution in [0.4, 0.5) is 20.5 Å². The molecule has 0 spiro atoms. The van der Waals surface area contributed by atoms with Crippen molar-refractivity contribution in [2.45, 2.75) is 25.8 Å². The van der Waals surface area contributed by atoms with Crippen LogP contribution in [0.25, 0.3) is 16.6 Å². The molecule has 134 valence electrons. The van der Waals surface area contributed by atoms with Gasteiger partial charge in [0.1, 0.15) is 0 Å². The number of halogens is 2. The zero-order valence-electron chi connectivity index (χ0n) is 14.0. The van der Waals surface area contributed by atoms with Gasteiger partial charge in [-0.15, -0.1) is 5.10 Å². The Morgan fingerprint density at radius 2 is 2.19 bits per heavy atom. The predicted molar refractivity (Wildman–Crippen MR) is 94.9 cm³/mol. The molecular formula is C17H17F2N7. The maximum absolute atomic E-state index is 12.5. The van der Waals surface area contributed by atoms with Gasteiger partial charge in [0, 0.05) is 35.3 Å². The molecule has 0 saturated heterocycles. The van der Waals surface area contributed by atoms with Crippen molar-refractivity contribution in [3.63, 3.8) is 0 Å². The molecule has 0 aromatic carbocycles. The van der Waals surface area contributed by atoms with E-state index >= 15 is 0 Å². The molecule has 0 amide bonds. The number of hydrogen-bond acceptors (Lipinski definition) is 6. The van der Waals surface area contributed by atoms with E-state index in [1.165, 1.54) is 0 Å². The molecule has 4 heterocycles. The molecule has 0 fully saturated rings.